The average molecular weight is 361 g/mol. The van der Waals surface area contributed by atoms with Crippen molar-refractivity contribution >= 4 is 5.97 Å². The van der Waals surface area contributed by atoms with Crippen molar-refractivity contribution in [3.05, 3.63) is 23.8 Å². The molecule has 26 heavy (non-hydrogen) atoms. The second-order valence-electron chi connectivity index (χ2n) is 7.46. The van der Waals surface area contributed by atoms with Crippen LogP contribution in [0.2, 0.25) is 0 Å². The van der Waals surface area contributed by atoms with E-state index in [0.29, 0.717) is 25.2 Å². The predicted octanol–water partition coefficient (Wildman–Crippen LogP) is 1.46. The third-order valence-corrected chi connectivity index (χ3v) is 5.76. The molecule has 2 unspecified atom stereocenters. The zero-order chi connectivity index (χ0) is 17.9. The van der Waals surface area contributed by atoms with E-state index in [9.17, 15) is 4.79 Å². The maximum Gasteiger partial charge on any atom is 0.306 e. The molecule has 1 saturated heterocycles. The topological polar surface area (TPSA) is 91.9 Å². The number of ether oxygens (including phenoxy) is 2. The SMILES string of the molecule is O=C(O)C1CCC(NCC2CNNC2c2ccc3c(c2)OCCO3)CC1. The number of carbonyl (C=O) groups is 1. The lowest BCUT2D eigenvalue weighted by molar-refractivity contribution is -0.142. The standard InChI is InChI=1S/C19H27N3O4/c23-19(24)12-1-4-15(5-2-12)20-10-14-11-21-22-18(14)13-3-6-16-17(9-13)26-8-7-25-16/h3,6,9,12,14-15,18,20-22H,1-2,4-5,7-8,10-11H2,(H,23,24). The van der Waals surface area contributed by atoms with E-state index in [0.717, 1.165) is 50.3 Å². The van der Waals surface area contributed by atoms with Gasteiger partial charge in [0.2, 0.25) is 0 Å². The van der Waals surface area contributed by atoms with E-state index < -0.39 is 5.97 Å². The Hall–Kier alpha value is -1.83. The average Bonchev–Trinajstić information content (AvgIpc) is 3.15. The number of nitrogens with one attached hydrogen (secondary N) is 3. The van der Waals surface area contributed by atoms with E-state index in [1.807, 2.05) is 6.07 Å². The fourth-order valence-corrected chi connectivity index (χ4v) is 4.20. The highest BCUT2D eigenvalue weighted by Gasteiger charge is 2.31. The number of hydrogen-bond acceptors (Lipinski definition) is 6. The van der Waals surface area contributed by atoms with Crippen molar-refractivity contribution in [2.45, 2.75) is 37.8 Å². The molecule has 7 heteroatoms. The summed E-state index contributed by atoms with van der Waals surface area (Å²) in [7, 11) is 0. The van der Waals surface area contributed by atoms with Gasteiger partial charge in [-0.2, -0.15) is 0 Å². The van der Waals surface area contributed by atoms with Gasteiger partial charge in [-0.15, -0.1) is 0 Å². The first-order valence-electron chi connectivity index (χ1n) is 9.55. The number of carboxylic acids is 1. The molecule has 142 valence electrons. The van der Waals surface area contributed by atoms with Crippen molar-refractivity contribution in [1.82, 2.24) is 16.2 Å². The Morgan fingerprint density at radius 2 is 1.92 bits per heavy atom. The number of aliphatic carboxylic acids is 1. The molecule has 2 atom stereocenters. The van der Waals surface area contributed by atoms with Crippen LogP contribution >= 0.6 is 0 Å². The number of fused-ring (bicyclic) bond motifs is 1. The molecule has 1 saturated carbocycles. The molecule has 1 aliphatic carbocycles. The fraction of sp³-hybridized carbons (Fsp3) is 0.632. The Kier molecular flexibility index (Phi) is 5.28. The number of rotatable bonds is 5. The van der Waals surface area contributed by atoms with Crippen molar-refractivity contribution in [1.29, 1.82) is 0 Å². The van der Waals surface area contributed by atoms with Crippen molar-refractivity contribution in [2.24, 2.45) is 11.8 Å². The summed E-state index contributed by atoms with van der Waals surface area (Å²) >= 11 is 0. The van der Waals surface area contributed by atoms with Crippen LogP contribution in [0, 0.1) is 11.8 Å². The van der Waals surface area contributed by atoms with Crippen molar-refractivity contribution in [2.75, 3.05) is 26.3 Å². The van der Waals surface area contributed by atoms with Crippen LogP contribution in [0.25, 0.3) is 0 Å². The molecule has 7 nitrogen and oxygen atoms in total. The molecule has 2 heterocycles. The minimum Gasteiger partial charge on any atom is -0.486 e. The molecule has 0 spiro atoms. The Morgan fingerprint density at radius 1 is 1.15 bits per heavy atom. The van der Waals surface area contributed by atoms with Gasteiger partial charge in [0, 0.05) is 25.0 Å². The first-order chi connectivity index (χ1) is 12.7. The van der Waals surface area contributed by atoms with Gasteiger partial charge in [0.15, 0.2) is 11.5 Å². The Labute approximate surface area is 153 Å². The van der Waals surface area contributed by atoms with Crippen LogP contribution in [0.4, 0.5) is 0 Å². The molecule has 1 aromatic rings. The summed E-state index contributed by atoms with van der Waals surface area (Å²) in [6.45, 7) is 3.00. The molecule has 0 radical (unpaired) electrons. The zero-order valence-electron chi connectivity index (χ0n) is 14.9. The van der Waals surface area contributed by atoms with Gasteiger partial charge in [-0.1, -0.05) is 6.07 Å². The van der Waals surface area contributed by atoms with E-state index in [1.165, 1.54) is 5.56 Å². The number of benzene rings is 1. The van der Waals surface area contributed by atoms with Crippen LogP contribution in [0.5, 0.6) is 11.5 Å². The zero-order valence-corrected chi connectivity index (χ0v) is 14.9. The van der Waals surface area contributed by atoms with Gasteiger partial charge in [0.1, 0.15) is 13.2 Å². The smallest absolute Gasteiger partial charge is 0.306 e. The van der Waals surface area contributed by atoms with Crippen molar-refractivity contribution in [3.63, 3.8) is 0 Å². The van der Waals surface area contributed by atoms with Gasteiger partial charge in [0.25, 0.3) is 0 Å². The lowest BCUT2D eigenvalue weighted by Crippen LogP contribution is -2.39. The number of hydrogen-bond donors (Lipinski definition) is 4. The molecule has 2 aliphatic heterocycles. The van der Waals surface area contributed by atoms with Crippen LogP contribution in [-0.4, -0.2) is 43.4 Å². The van der Waals surface area contributed by atoms with Gasteiger partial charge >= 0.3 is 5.97 Å². The van der Waals surface area contributed by atoms with E-state index in [1.54, 1.807) is 0 Å². The summed E-state index contributed by atoms with van der Waals surface area (Å²) < 4.78 is 11.3. The molecule has 1 aromatic carbocycles. The van der Waals surface area contributed by atoms with Gasteiger partial charge < -0.3 is 19.9 Å². The molecule has 0 bridgehead atoms. The van der Waals surface area contributed by atoms with Crippen molar-refractivity contribution < 1.29 is 19.4 Å². The summed E-state index contributed by atoms with van der Waals surface area (Å²) in [4.78, 5) is 11.1. The monoisotopic (exact) mass is 361 g/mol. The van der Waals surface area contributed by atoms with Crippen LogP contribution in [0.15, 0.2) is 18.2 Å². The lowest BCUT2D eigenvalue weighted by Gasteiger charge is -2.29. The third kappa shape index (κ3) is 3.79. The molecule has 4 N–H and O–H groups in total. The summed E-state index contributed by atoms with van der Waals surface area (Å²) in [5.41, 5.74) is 7.84. The minimum atomic E-state index is -0.647. The highest BCUT2D eigenvalue weighted by molar-refractivity contribution is 5.70. The fourth-order valence-electron chi connectivity index (χ4n) is 4.20. The molecule has 3 aliphatic rings. The number of carboxylic acid groups (broad SMARTS) is 1. The quantitative estimate of drug-likeness (QED) is 0.631. The Bertz CT molecular complexity index is 646. The summed E-state index contributed by atoms with van der Waals surface area (Å²) in [5.74, 6) is 1.26. The lowest BCUT2D eigenvalue weighted by atomic mass is 9.85. The normalized spacial score (nSPS) is 30.9. The van der Waals surface area contributed by atoms with Crippen LogP contribution in [-0.2, 0) is 4.79 Å². The Balaban J connectivity index is 1.33. The van der Waals surface area contributed by atoms with Gasteiger partial charge in [0.05, 0.1) is 12.0 Å². The molecule has 4 rings (SSSR count). The van der Waals surface area contributed by atoms with E-state index in [4.69, 9.17) is 14.6 Å². The molecular weight excluding hydrogens is 334 g/mol. The van der Waals surface area contributed by atoms with Gasteiger partial charge in [-0.25, -0.2) is 5.43 Å². The molecular formula is C19H27N3O4. The van der Waals surface area contributed by atoms with Crippen molar-refractivity contribution in [3.8, 4) is 11.5 Å². The van der Waals surface area contributed by atoms with Crippen LogP contribution < -0.4 is 25.6 Å². The minimum absolute atomic E-state index is 0.159. The van der Waals surface area contributed by atoms with Crippen LogP contribution in [0.1, 0.15) is 37.3 Å². The highest BCUT2D eigenvalue weighted by atomic mass is 16.6. The second kappa shape index (κ2) is 7.82. The highest BCUT2D eigenvalue weighted by Crippen LogP contribution is 2.35. The van der Waals surface area contributed by atoms with E-state index in [-0.39, 0.29) is 12.0 Å². The van der Waals surface area contributed by atoms with E-state index in [2.05, 4.69) is 28.3 Å². The number of hydrazine groups is 1. The largest absolute Gasteiger partial charge is 0.486 e. The molecule has 2 fully saturated rings. The molecule has 0 amide bonds. The van der Waals surface area contributed by atoms with E-state index >= 15 is 0 Å². The Morgan fingerprint density at radius 3 is 2.69 bits per heavy atom. The maximum atomic E-state index is 11.1. The van der Waals surface area contributed by atoms with Crippen LogP contribution in [0.3, 0.4) is 0 Å². The summed E-state index contributed by atoms with van der Waals surface area (Å²) in [6.07, 6.45) is 3.44. The maximum absolute atomic E-state index is 11.1. The summed E-state index contributed by atoms with van der Waals surface area (Å²) in [6, 6.07) is 6.80. The first-order valence-corrected chi connectivity index (χ1v) is 9.55. The predicted molar refractivity (Wildman–Crippen MR) is 96.2 cm³/mol. The van der Waals surface area contributed by atoms with Gasteiger partial charge in [-0.3, -0.25) is 10.2 Å². The molecule has 0 aromatic heterocycles. The van der Waals surface area contributed by atoms with Gasteiger partial charge in [-0.05, 0) is 43.4 Å². The second-order valence-corrected chi connectivity index (χ2v) is 7.46. The first kappa shape index (κ1) is 17.6. The third-order valence-electron chi connectivity index (χ3n) is 5.76. The summed E-state index contributed by atoms with van der Waals surface area (Å²) in [5, 5.41) is 12.8.